The number of aliphatic hydroxyl groups excluding tert-OH is 3. The molecule has 30 heavy (non-hydrogen) atoms. The predicted octanol–water partition coefficient (Wildman–Crippen LogP) is 2.33. The molecule has 10 heteroatoms. The van der Waals surface area contributed by atoms with Gasteiger partial charge in [0.1, 0.15) is 31.0 Å². The lowest BCUT2D eigenvalue weighted by molar-refractivity contribution is -0.242. The van der Waals surface area contributed by atoms with E-state index in [1.54, 1.807) is 0 Å². The molecule has 2 heterocycles. The summed E-state index contributed by atoms with van der Waals surface area (Å²) in [6, 6.07) is 0. The molecular weight excluding hydrogens is 410 g/mol. The van der Waals surface area contributed by atoms with Gasteiger partial charge in [0.05, 0.1) is 6.10 Å². The summed E-state index contributed by atoms with van der Waals surface area (Å²) >= 11 is 0. The van der Waals surface area contributed by atoms with Crippen LogP contribution < -0.4 is 4.74 Å². The van der Waals surface area contributed by atoms with E-state index in [0.717, 1.165) is 25.7 Å². The van der Waals surface area contributed by atoms with Crippen LogP contribution in [0.15, 0.2) is 0 Å². The minimum atomic E-state index is -1.87. The van der Waals surface area contributed by atoms with Crippen molar-refractivity contribution >= 4 is 0 Å². The maximum atomic E-state index is 13.7. The lowest BCUT2D eigenvalue weighted by Gasteiger charge is -2.45. The Labute approximate surface area is 171 Å². The van der Waals surface area contributed by atoms with Gasteiger partial charge in [-0.25, -0.2) is 0 Å². The second-order valence-corrected chi connectivity index (χ2v) is 8.49. The monoisotopic (exact) mass is 437 g/mol. The second kappa shape index (κ2) is 9.33. The van der Waals surface area contributed by atoms with Gasteiger partial charge in [-0.3, -0.25) is 0 Å². The molecule has 0 bridgehead atoms. The molecule has 6 nitrogen and oxygen atoms in total. The topological polar surface area (TPSA) is 92.0 Å². The van der Waals surface area contributed by atoms with Crippen molar-refractivity contribution < 1.29 is 42.4 Å². The fourth-order valence-electron chi connectivity index (χ4n) is 4.41. The smallest absolute Gasteiger partial charge is 0.255 e. The van der Waals surface area contributed by atoms with E-state index in [1.165, 1.54) is 0 Å². The highest BCUT2D eigenvalue weighted by Crippen LogP contribution is 2.39. The van der Waals surface area contributed by atoms with Crippen LogP contribution >= 0.6 is 0 Å². The minimum absolute atomic E-state index is 0.0797. The number of ether oxygens (including phenoxy) is 2. The van der Waals surface area contributed by atoms with Crippen LogP contribution in [-0.4, -0.2) is 57.4 Å². The molecule has 1 saturated carbocycles. The Morgan fingerprint density at radius 2 is 1.50 bits per heavy atom. The maximum absolute atomic E-state index is 13.7. The minimum Gasteiger partial charge on any atom is -0.485 e. The number of hydrogen-bond donors (Lipinski definition) is 3. The molecule has 1 aliphatic carbocycles. The van der Waals surface area contributed by atoms with Crippen LogP contribution in [0.25, 0.3) is 0 Å². The normalized spacial score (nSPS) is 34.9. The molecule has 1 unspecified atom stereocenters. The van der Waals surface area contributed by atoms with Crippen molar-refractivity contribution in [3.8, 4) is 5.75 Å². The fraction of sp³-hybridized carbons (Fsp3) is 0.750. The number of halogens is 4. The van der Waals surface area contributed by atoms with Gasteiger partial charge >= 0.3 is 0 Å². The molecule has 2 fully saturated rings. The van der Waals surface area contributed by atoms with Crippen LogP contribution in [0.5, 0.6) is 5.75 Å². The summed E-state index contributed by atoms with van der Waals surface area (Å²) in [4.78, 5) is 2.44. The number of pyridine rings is 1. The summed E-state index contributed by atoms with van der Waals surface area (Å²) in [5, 5.41) is 30.8. The Morgan fingerprint density at radius 1 is 0.933 bits per heavy atom. The average Bonchev–Trinajstić information content (AvgIpc) is 2.72. The van der Waals surface area contributed by atoms with Crippen molar-refractivity contribution in [3.05, 3.63) is 23.5 Å². The molecule has 1 aliphatic heterocycles. The van der Waals surface area contributed by atoms with E-state index in [0.29, 0.717) is 11.8 Å². The van der Waals surface area contributed by atoms with Gasteiger partial charge in [-0.1, -0.05) is 13.8 Å². The highest BCUT2D eigenvalue weighted by atomic mass is 19.2. The van der Waals surface area contributed by atoms with Crippen molar-refractivity contribution in [1.29, 1.82) is 0 Å². The first-order valence-electron chi connectivity index (χ1n) is 10.1. The SMILES string of the molecule is CC(C)C1CCC(C2O[C@H](COc3c(F)c(F)nc(F)c3F)[C@@H](O)[C@H](O)[C@@H]2O)CC1. The molecule has 0 radical (unpaired) electrons. The summed E-state index contributed by atoms with van der Waals surface area (Å²) in [7, 11) is 0. The molecule has 170 valence electrons. The van der Waals surface area contributed by atoms with Crippen LogP contribution in [0.2, 0.25) is 0 Å². The number of nitrogens with zero attached hydrogens (tertiary/aromatic N) is 1. The maximum Gasteiger partial charge on any atom is 0.255 e. The molecule has 3 N–H and O–H groups in total. The van der Waals surface area contributed by atoms with Crippen LogP contribution in [0.3, 0.4) is 0 Å². The van der Waals surface area contributed by atoms with Crippen molar-refractivity contribution in [2.24, 2.45) is 17.8 Å². The molecule has 0 spiro atoms. The summed E-state index contributed by atoms with van der Waals surface area (Å²) in [5.74, 6) is -7.70. The predicted molar refractivity (Wildman–Crippen MR) is 96.5 cm³/mol. The number of hydrogen-bond acceptors (Lipinski definition) is 6. The molecule has 1 aromatic rings. The molecule has 5 atom stereocenters. The molecule has 1 saturated heterocycles. The molecule has 2 aliphatic rings. The number of aromatic nitrogens is 1. The third-order valence-electron chi connectivity index (χ3n) is 6.32. The largest absolute Gasteiger partial charge is 0.485 e. The zero-order valence-electron chi connectivity index (χ0n) is 16.8. The van der Waals surface area contributed by atoms with Crippen molar-refractivity contribution in [1.82, 2.24) is 4.98 Å². The van der Waals surface area contributed by atoms with E-state index in [4.69, 9.17) is 9.47 Å². The second-order valence-electron chi connectivity index (χ2n) is 8.49. The van der Waals surface area contributed by atoms with Gasteiger partial charge in [0, 0.05) is 0 Å². The summed E-state index contributed by atoms with van der Waals surface area (Å²) in [5.41, 5.74) is 0. The van der Waals surface area contributed by atoms with E-state index in [9.17, 15) is 32.9 Å². The third-order valence-corrected chi connectivity index (χ3v) is 6.32. The number of aliphatic hydroxyl groups is 3. The highest BCUT2D eigenvalue weighted by molar-refractivity contribution is 5.24. The van der Waals surface area contributed by atoms with Gasteiger partial charge < -0.3 is 24.8 Å². The van der Waals surface area contributed by atoms with Gasteiger partial charge in [0.25, 0.3) is 11.9 Å². The Morgan fingerprint density at radius 3 is 2.03 bits per heavy atom. The lowest BCUT2D eigenvalue weighted by atomic mass is 9.73. The van der Waals surface area contributed by atoms with E-state index in [2.05, 4.69) is 18.8 Å². The molecular formula is C20H27F4NO5. The molecule has 0 aromatic carbocycles. The van der Waals surface area contributed by atoms with Gasteiger partial charge in [0.2, 0.25) is 17.4 Å². The van der Waals surface area contributed by atoms with Crippen molar-refractivity contribution in [2.75, 3.05) is 6.61 Å². The highest BCUT2D eigenvalue weighted by Gasteiger charge is 2.47. The zero-order valence-corrected chi connectivity index (χ0v) is 16.8. The van der Waals surface area contributed by atoms with Crippen LogP contribution in [-0.2, 0) is 4.74 Å². The van der Waals surface area contributed by atoms with Crippen molar-refractivity contribution in [3.63, 3.8) is 0 Å². The Balaban J connectivity index is 1.70. The average molecular weight is 437 g/mol. The van der Waals surface area contributed by atoms with E-state index in [1.807, 2.05) is 0 Å². The van der Waals surface area contributed by atoms with Gasteiger partial charge in [-0.2, -0.15) is 22.5 Å². The van der Waals surface area contributed by atoms with E-state index >= 15 is 0 Å². The Bertz CT molecular complexity index is 718. The number of rotatable bonds is 5. The first-order valence-corrected chi connectivity index (χ1v) is 10.1. The lowest BCUT2D eigenvalue weighted by Crippen LogP contribution is -2.61. The first kappa shape index (κ1) is 23.2. The summed E-state index contributed by atoms with van der Waals surface area (Å²) in [6.07, 6.45) is -3.25. The molecule has 3 rings (SSSR count). The van der Waals surface area contributed by atoms with Gasteiger partial charge in [-0.05, 0) is 43.4 Å². The van der Waals surface area contributed by atoms with Crippen LogP contribution in [0.1, 0.15) is 39.5 Å². The quantitative estimate of drug-likeness (QED) is 0.484. The van der Waals surface area contributed by atoms with Gasteiger partial charge in [-0.15, -0.1) is 0 Å². The van der Waals surface area contributed by atoms with E-state index < -0.39 is 66.4 Å². The summed E-state index contributed by atoms with van der Waals surface area (Å²) < 4.78 is 64.6. The van der Waals surface area contributed by atoms with Crippen LogP contribution in [0.4, 0.5) is 17.6 Å². The van der Waals surface area contributed by atoms with Crippen LogP contribution in [0, 0.1) is 41.3 Å². The standard InChI is InChI=1S/C20H27F4NO5/c1-8(2)9-3-5-10(6-4-9)17-16(28)15(27)14(26)11(30-17)7-29-18-12(21)19(23)25-20(24)13(18)22/h8-11,14-17,26-28H,3-7H2,1-2H3/t9?,10?,11-,14-,15+,16+,17?/m1/s1. The first-order chi connectivity index (χ1) is 14.1. The Kier molecular flexibility index (Phi) is 7.21. The molecule has 0 amide bonds. The Hall–Kier alpha value is -1.49. The van der Waals surface area contributed by atoms with E-state index in [-0.39, 0.29) is 5.92 Å². The summed E-state index contributed by atoms with van der Waals surface area (Å²) in [6.45, 7) is 3.60. The van der Waals surface area contributed by atoms with Crippen molar-refractivity contribution in [2.45, 2.75) is 70.1 Å². The third kappa shape index (κ3) is 4.56. The molecule has 1 aromatic heterocycles. The zero-order chi connectivity index (χ0) is 22.2. The fourth-order valence-corrected chi connectivity index (χ4v) is 4.41. The van der Waals surface area contributed by atoms with Gasteiger partial charge in [0.15, 0.2) is 0 Å².